The van der Waals surface area contributed by atoms with Crippen molar-refractivity contribution in [3.8, 4) is 0 Å². The SMILES string of the molecule is O=S(=O)(Cc1ccc(Br)cc1Br)N1CC2CC2C1. The average Bonchev–Trinajstić information content (AvgIpc) is 2.90. The fourth-order valence-corrected chi connectivity index (χ4v) is 5.55. The van der Waals surface area contributed by atoms with Gasteiger partial charge in [0, 0.05) is 22.0 Å². The largest absolute Gasteiger partial charge is 0.218 e. The number of halogens is 2. The molecule has 0 aromatic heterocycles. The first-order valence-electron chi connectivity index (χ1n) is 5.87. The lowest BCUT2D eigenvalue weighted by Gasteiger charge is -2.18. The Hall–Kier alpha value is 0.0900. The van der Waals surface area contributed by atoms with Gasteiger partial charge in [-0.05, 0) is 36.0 Å². The second-order valence-electron chi connectivity index (χ2n) is 5.06. The lowest BCUT2D eigenvalue weighted by atomic mass is 10.2. The molecule has 0 spiro atoms. The Morgan fingerprint density at radius 3 is 2.50 bits per heavy atom. The van der Waals surface area contributed by atoms with E-state index in [4.69, 9.17) is 0 Å². The number of sulfonamides is 1. The van der Waals surface area contributed by atoms with Crippen molar-refractivity contribution in [1.29, 1.82) is 0 Å². The van der Waals surface area contributed by atoms with Crippen molar-refractivity contribution in [3.63, 3.8) is 0 Å². The average molecular weight is 395 g/mol. The monoisotopic (exact) mass is 393 g/mol. The van der Waals surface area contributed by atoms with Crippen molar-refractivity contribution in [3.05, 3.63) is 32.7 Å². The van der Waals surface area contributed by atoms with E-state index in [1.165, 1.54) is 6.42 Å². The number of piperidine rings is 1. The molecule has 1 aromatic carbocycles. The molecule has 1 saturated heterocycles. The van der Waals surface area contributed by atoms with E-state index in [1.807, 2.05) is 18.2 Å². The van der Waals surface area contributed by atoms with Crippen LogP contribution in [0, 0.1) is 11.8 Å². The predicted octanol–water partition coefficient (Wildman–Crippen LogP) is 2.99. The van der Waals surface area contributed by atoms with E-state index in [0.717, 1.165) is 27.6 Å². The van der Waals surface area contributed by atoms with Gasteiger partial charge in [0.05, 0.1) is 5.75 Å². The molecule has 1 aliphatic heterocycles. The van der Waals surface area contributed by atoms with Gasteiger partial charge in [-0.1, -0.05) is 37.9 Å². The lowest BCUT2D eigenvalue weighted by molar-refractivity contribution is 0.442. The van der Waals surface area contributed by atoms with Gasteiger partial charge in [-0.2, -0.15) is 0 Å². The number of hydrogen-bond acceptors (Lipinski definition) is 2. The van der Waals surface area contributed by atoms with Crippen LogP contribution in [0.5, 0.6) is 0 Å². The third kappa shape index (κ3) is 2.53. The van der Waals surface area contributed by atoms with E-state index in [-0.39, 0.29) is 5.75 Å². The molecular weight excluding hydrogens is 382 g/mol. The van der Waals surface area contributed by atoms with Crippen LogP contribution in [-0.4, -0.2) is 25.8 Å². The van der Waals surface area contributed by atoms with Gasteiger partial charge < -0.3 is 0 Å². The molecule has 2 unspecified atom stereocenters. The number of nitrogens with zero attached hydrogens (tertiary/aromatic N) is 1. The van der Waals surface area contributed by atoms with Gasteiger partial charge in [-0.25, -0.2) is 12.7 Å². The van der Waals surface area contributed by atoms with Gasteiger partial charge in [0.1, 0.15) is 0 Å². The Bertz CT molecular complexity index is 578. The first kappa shape index (κ1) is 13.1. The lowest BCUT2D eigenvalue weighted by Crippen LogP contribution is -2.31. The zero-order chi connectivity index (χ0) is 12.9. The van der Waals surface area contributed by atoms with E-state index in [9.17, 15) is 8.42 Å². The minimum atomic E-state index is -3.16. The summed E-state index contributed by atoms with van der Waals surface area (Å²) in [6.45, 7) is 1.45. The maximum atomic E-state index is 12.3. The van der Waals surface area contributed by atoms with E-state index < -0.39 is 10.0 Å². The molecule has 0 bridgehead atoms. The summed E-state index contributed by atoms with van der Waals surface area (Å²) in [6, 6.07) is 5.60. The van der Waals surface area contributed by atoms with E-state index in [2.05, 4.69) is 31.9 Å². The van der Waals surface area contributed by atoms with E-state index in [0.29, 0.717) is 11.8 Å². The summed E-state index contributed by atoms with van der Waals surface area (Å²) in [7, 11) is -3.16. The molecule has 2 fully saturated rings. The number of benzene rings is 1. The molecule has 1 aromatic rings. The molecule has 0 amide bonds. The Kier molecular flexibility index (Phi) is 3.33. The second kappa shape index (κ2) is 4.58. The first-order valence-corrected chi connectivity index (χ1v) is 9.07. The van der Waals surface area contributed by atoms with Crippen LogP contribution in [-0.2, 0) is 15.8 Å². The van der Waals surface area contributed by atoms with Crippen LogP contribution in [0.1, 0.15) is 12.0 Å². The maximum Gasteiger partial charge on any atom is 0.218 e. The summed E-state index contributed by atoms with van der Waals surface area (Å²) < 4.78 is 28.0. The number of hydrogen-bond donors (Lipinski definition) is 0. The quantitative estimate of drug-likeness (QED) is 0.790. The fourth-order valence-electron chi connectivity index (χ4n) is 2.51. The summed E-state index contributed by atoms with van der Waals surface area (Å²) in [5.74, 6) is 1.35. The summed E-state index contributed by atoms with van der Waals surface area (Å²) in [5, 5.41) is 0. The van der Waals surface area contributed by atoms with E-state index >= 15 is 0 Å². The van der Waals surface area contributed by atoms with Crippen molar-refractivity contribution in [2.24, 2.45) is 11.8 Å². The standard InChI is InChI=1S/C12H13Br2NO2S/c13-11-2-1-8(12(14)4-11)7-18(16,17)15-5-9-3-10(9)6-15/h1-2,4,9-10H,3,5-7H2. The van der Waals surface area contributed by atoms with Crippen molar-refractivity contribution >= 4 is 41.9 Å². The normalized spacial score (nSPS) is 27.2. The van der Waals surface area contributed by atoms with Crippen molar-refractivity contribution in [1.82, 2.24) is 4.31 Å². The highest BCUT2D eigenvalue weighted by Gasteiger charge is 2.48. The molecule has 6 heteroatoms. The number of rotatable bonds is 3. The highest BCUT2D eigenvalue weighted by atomic mass is 79.9. The first-order chi connectivity index (χ1) is 8.45. The van der Waals surface area contributed by atoms with Crippen LogP contribution in [0.4, 0.5) is 0 Å². The van der Waals surface area contributed by atoms with Crippen LogP contribution in [0.3, 0.4) is 0 Å². The van der Waals surface area contributed by atoms with Crippen LogP contribution in [0.2, 0.25) is 0 Å². The van der Waals surface area contributed by atoms with Gasteiger partial charge in [0.25, 0.3) is 0 Å². The van der Waals surface area contributed by atoms with Crippen LogP contribution < -0.4 is 0 Å². The second-order valence-corrected chi connectivity index (χ2v) is 8.80. The Balaban J connectivity index is 1.78. The molecule has 3 rings (SSSR count). The highest BCUT2D eigenvalue weighted by molar-refractivity contribution is 9.11. The van der Waals surface area contributed by atoms with Crippen LogP contribution in [0.25, 0.3) is 0 Å². The van der Waals surface area contributed by atoms with E-state index in [1.54, 1.807) is 4.31 Å². The van der Waals surface area contributed by atoms with Gasteiger partial charge >= 0.3 is 0 Å². The molecule has 0 radical (unpaired) electrons. The molecule has 3 nitrogen and oxygen atoms in total. The van der Waals surface area contributed by atoms with Crippen molar-refractivity contribution in [2.75, 3.05) is 13.1 Å². The predicted molar refractivity (Wildman–Crippen MR) is 77.6 cm³/mol. The molecule has 2 atom stereocenters. The minimum absolute atomic E-state index is 0.0836. The fraction of sp³-hybridized carbons (Fsp3) is 0.500. The molecule has 1 heterocycles. The Morgan fingerprint density at radius 1 is 1.22 bits per heavy atom. The van der Waals surface area contributed by atoms with Gasteiger partial charge in [-0.3, -0.25) is 0 Å². The van der Waals surface area contributed by atoms with Crippen molar-refractivity contribution in [2.45, 2.75) is 12.2 Å². The third-order valence-corrected chi connectivity index (χ3v) is 6.68. The Labute approximate surface area is 124 Å². The molecular formula is C12H13Br2NO2S. The molecule has 1 aliphatic carbocycles. The van der Waals surface area contributed by atoms with Gasteiger partial charge in [0.15, 0.2) is 0 Å². The number of fused-ring (bicyclic) bond motifs is 1. The van der Waals surface area contributed by atoms with Crippen LogP contribution >= 0.6 is 31.9 Å². The zero-order valence-corrected chi connectivity index (χ0v) is 13.6. The third-order valence-electron chi connectivity index (χ3n) is 3.69. The Morgan fingerprint density at radius 2 is 1.89 bits per heavy atom. The summed E-state index contributed by atoms with van der Waals surface area (Å²) in [4.78, 5) is 0. The maximum absolute atomic E-state index is 12.3. The molecule has 2 aliphatic rings. The summed E-state index contributed by atoms with van der Waals surface area (Å²) >= 11 is 6.78. The minimum Gasteiger partial charge on any atom is -0.212 e. The topological polar surface area (TPSA) is 37.4 Å². The highest BCUT2D eigenvalue weighted by Crippen LogP contribution is 2.46. The van der Waals surface area contributed by atoms with Gasteiger partial charge in [0.2, 0.25) is 10.0 Å². The van der Waals surface area contributed by atoms with Crippen LogP contribution in [0.15, 0.2) is 27.1 Å². The molecule has 18 heavy (non-hydrogen) atoms. The van der Waals surface area contributed by atoms with Crippen molar-refractivity contribution < 1.29 is 8.42 Å². The molecule has 98 valence electrons. The zero-order valence-electron chi connectivity index (χ0n) is 9.64. The van der Waals surface area contributed by atoms with Gasteiger partial charge in [-0.15, -0.1) is 0 Å². The smallest absolute Gasteiger partial charge is 0.212 e. The summed E-state index contributed by atoms with van der Waals surface area (Å²) in [6.07, 6.45) is 1.22. The molecule has 0 N–H and O–H groups in total. The summed E-state index contributed by atoms with van der Waals surface area (Å²) in [5.41, 5.74) is 0.818. The molecule has 1 saturated carbocycles.